The number of rotatable bonds is 8. The molecule has 2 heterocycles. The Hall–Kier alpha value is -3.63. The lowest BCUT2D eigenvalue weighted by Crippen LogP contribution is -2.23. The van der Waals surface area contributed by atoms with Crippen molar-refractivity contribution < 1.29 is 4.79 Å². The molecule has 0 aliphatic heterocycles. The number of benzene rings is 2. The zero-order valence-electron chi connectivity index (χ0n) is 20.5. The van der Waals surface area contributed by atoms with E-state index in [9.17, 15) is 9.59 Å². The highest BCUT2D eigenvalue weighted by molar-refractivity contribution is 7.99. The van der Waals surface area contributed by atoms with Crippen LogP contribution in [0.25, 0.3) is 11.4 Å². The molecule has 2 aromatic heterocycles. The molecule has 9 nitrogen and oxygen atoms in total. The fourth-order valence-electron chi connectivity index (χ4n) is 3.71. The number of hydrogen-bond acceptors (Lipinski definition) is 6. The number of aromatic nitrogens is 5. The lowest BCUT2D eigenvalue weighted by Gasteiger charge is -2.20. The molecular formula is C25H29N7O2S. The van der Waals surface area contributed by atoms with E-state index in [1.165, 1.54) is 11.8 Å². The first-order valence-corrected chi connectivity index (χ1v) is 12.2. The van der Waals surface area contributed by atoms with Crippen LogP contribution >= 0.6 is 11.8 Å². The number of carbonyl (C=O) groups excluding carboxylic acids is 1. The number of nitrogens with one attached hydrogen (secondary N) is 1. The van der Waals surface area contributed by atoms with Crippen LogP contribution in [0.5, 0.6) is 0 Å². The minimum atomic E-state index is -0.286. The van der Waals surface area contributed by atoms with Crippen molar-refractivity contribution >= 4 is 23.4 Å². The maximum Gasteiger partial charge on any atom is 0.295 e. The Kier molecular flexibility index (Phi) is 7.23. The fourth-order valence-corrected chi connectivity index (χ4v) is 4.47. The molecule has 0 bridgehead atoms. The zero-order chi connectivity index (χ0) is 25.1. The van der Waals surface area contributed by atoms with Gasteiger partial charge in [0.05, 0.1) is 23.2 Å². The van der Waals surface area contributed by atoms with Crippen LogP contribution in [0.3, 0.4) is 0 Å². The second-order valence-electron chi connectivity index (χ2n) is 8.42. The van der Waals surface area contributed by atoms with Gasteiger partial charge in [0.1, 0.15) is 5.69 Å². The maximum atomic E-state index is 13.1. The molecule has 0 fully saturated rings. The molecule has 10 heteroatoms. The lowest BCUT2D eigenvalue weighted by atomic mass is 10.2. The van der Waals surface area contributed by atoms with Gasteiger partial charge in [-0.25, -0.2) is 4.68 Å². The third kappa shape index (κ3) is 4.94. The van der Waals surface area contributed by atoms with Gasteiger partial charge in [-0.05, 0) is 52.2 Å². The van der Waals surface area contributed by atoms with E-state index in [-0.39, 0.29) is 28.9 Å². The second kappa shape index (κ2) is 10.3. The molecule has 1 amide bonds. The third-order valence-electron chi connectivity index (χ3n) is 5.97. The van der Waals surface area contributed by atoms with Gasteiger partial charge in [0.25, 0.3) is 5.56 Å². The highest BCUT2D eigenvalue weighted by Crippen LogP contribution is 2.27. The molecule has 0 radical (unpaired) electrons. The Labute approximate surface area is 208 Å². The van der Waals surface area contributed by atoms with Crippen LogP contribution in [0.1, 0.15) is 24.5 Å². The zero-order valence-corrected chi connectivity index (χ0v) is 21.3. The summed E-state index contributed by atoms with van der Waals surface area (Å²) in [5.74, 6) is 0.583. The summed E-state index contributed by atoms with van der Waals surface area (Å²) in [6.07, 6.45) is 0. The number of carbonyl (C=O) groups is 1. The van der Waals surface area contributed by atoms with Crippen LogP contribution in [-0.4, -0.2) is 54.8 Å². The summed E-state index contributed by atoms with van der Waals surface area (Å²) in [5.41, 5.74) is 2.33. The van der Waals surface area contributed by atoms with Gasteiger partial charge >= 0.3 is 0 Å². The monoisotopic (exact) mass is 491 g/mol. The maximum absolute atomic E-state index is 13.1. The normalized spacial score (nSPS) is 12.2. The molecule has 2 aromatic carbocycles. The van der Waals surface area contributed by atoms with Crippen molar-refractivity contribution in [2.75, 3.05) is 25.2 Å². The number of hydrogen-bond donors (Lipinski definition) is 1. The second-order valence-corrected chi connectivity index (χ2v) is 9.37. The Morgan fingerprint density at radius 3 is 2.23 bits per heavy atom. The quantitative estimate of drug-likeness (QED) is 0.380. The highest BCUT2D eigenvalue weighted by atomic mass is 32.2. The first-order valence-electron chi connectivity index (χ1n) is 11.2. The molecule has 182 valence electrons. The average molecular weight is 492 g/mol. The number of anilines is 1. The van der Waals surface area contributed by atoms with Crippen LogP contribution in [-0.2, 0) is 11.8 Å². The first-order chi connectivity index (χ1) is 16.8. The largest absolute Gasteiger partial charge is 0.319 e. The van der Waals surface area contributed by atoms with Gasteiger partial charge in [0.15, 0.2) is 11.0 Å². The summed E-state index contributed by atoms with van der Waals surface area (Å²) in [4.78, 5) is 28.0. The molecule has 0 spiro atoms. The molecule has 35 heavy (non-hydrogen) atoms. The standard InChI is InChI=1S/C25H29N7O2S/c1-17-22(24(34)32(30(17)5)20-14-10-7-11-15-20)26-21(33)16-35-25-28-27-23(18(2)29(3)4)31(25)19-12-8-6-9-13-19/h6-15,18H,16H2,1-5H3,(H,26,33)/t18-/m1/s1. The van der Waals surface area contributed by atoms with E-state index >= 15 is 0 Å². The van der Waals surface area contributed by atoms with E-state index in [2.05, 4.69) is 27.3 Å². The van der Waals surface area contributed by atoms with Gasteiger partial charge in [-0.3, -0.25) is 23.7 Å². The van der Waals surface area contributed by atoms with Crippen LogP contribution in [0.2, 0.25) is 0 Å². The highest BCUT2D eigenvalue weighted by Gasteiger charge is 2.22. The van der Waals surface area contributed by atoms with Gasteiger partial charge < -0.3 is 5.32 Å². The topological polar surface area (TPSA) is 90.0 Å². The van der Waals surface area contributed by atoms with Crippen molar-refractivity contribution in [3.63, 3.8) is 0 Å². The number of nitrogens with zero attached hydrogens (tertiary/aromatic N) is 6. The molecule has 0 aliphatic carbocycles. The summed E-state index contributed by atoms with van der Waals surface area (Å²) in [5, 5.41) is 12.2. The van der Waals surface area contributed by atoms with E-state index in [1.54, 1.807) is 16.4 Å². The summed E-state index contributed by atoms with van der Waals surface area (Å²) in [6.45, 7) is 3.87. The van der Waals surface area contributed by atoms with Gasteiger partial charge in [-0.2, -0.15) is 0 Å². The molecule has 0 saturated carbocycles. The summed E-state index contributed by atoms with van der Waals surface area (Å²) in [6, 6.07) is 19.2. The predicted octanol–water partition coefficient (Wildman–Crippen LogP) is 3.42. The molecule has 0 aliphatic rings. The molecule has 1 N–H and O–H groups in total. The molecule has 4 rings (SSSR count). The molecule has 0 saturated heterocycles. The predicted molar refractivity (Wildman–Crippen MR) is 139 cm³/mol. The summed E-state index contributed by atoms with van der Waals surface area (Å²) < 4.78 is 5.25. The van der Waals surface area contributed by atoms with Crippen molar-refractivity contribution in [1.29, 1.82) is 0 Å². The summed E-state index contributed by atoms with van der Waals surface area (Å²) in [7, 11) is 5.77. The van der Waals surface area contributed by atoms with Crippen LogP contribution < -0.4 is 10.9 Å². The Balaban J connectivity index is 1.56. The van der Waals surface area contributed by atoms with E-state index in [1.807, 2.05) is 86.2 Å². The van der Waals surface area contributed by atoms with Gasteiger partial charge in [-0.15, -0.1) is 10.2 Å². The number of para-hydroxylation sites is 2. The Morgan fingerprint density at radius 2 is 1.63 bits per heavy atom. The average Bonchev–Trinajstić information content (AvgIpc) is 3.38. The van der Waals surface area contributed by atoms with Crippen molar-refractivity contribution in [2.45, 2.75) is 25.0 Å². The number of thioether (sulfide) groups is 1. The first kappa shape index (κ1) is 24.5. The smallest absolute Gasteiger partial charge is 0.295 e. The fraction of sp³-hybridized carbons (Fsp3) is 0.280. The van der Waals surface area contributed by atoms with Crippen molar-refractivity contribution in [1.82, 2.24) is 29.0 Å². The molecule has 0 unspecified atom stereocenters. The van der Waals surface area contributed by atoms with Crippen molar-refractivity contribution in [3.8, 4) is 11.4 Å². The molecular weight excluding hydrogens is 462 g/mol. The van der Waals surface area contributed by atoms with Crippen LogP contribution in [0, 0.1) is 6.92 Å². The Morgan fingerprint density at radius 1 is 1.03 bits per heavy atom. The SMILES string of the molecule is Cc1c(NC(=O)CSc2nnc([C@@H](C)N(C)C)n2-c2ccccc2)c(=O)n(-c2ccccc2)n1C. The Bertz CT molecular complexity index is 1370. The van der Waals surface area contributed by atoms with Gasteiger partial charge in [0, 0.05) is 12.7 Å². The van der Waals surface area contributed by atoms with Crippen LogP contribution in [0.4, 0.5) is 5.69 Å². The third-order valence-corrected chi connectivity index (χ3v) is 6.90. The van der Waals surface area contributed by atoms with E-state index < -0.39 is 0 Å². The van der Waals surface area contributed by atoms with Gasteiger partial charge in [0.2, 0.25) is 5.91 Å². The summed E-state index contributed by atoms with van der Waals surface area (Å²) >= 11 is 1.28. The van der Waals surface area contributed by atoms with E-state index in [0.717, 1.165) is 17.2 Å². The van der Waals surface area contributed by atoms with Crippen molar-refractivity contribution in [3.05, 3.63) is 82.5 Å². The van der Waals surface area contributed by atoms with E-state index in [4.69, 9.17) is 0 Å². The lowest BCUT2D eigenvalue weighted by molar-refractivity contribution is -0.113. The molecule has 1 atom stereocenters. The van der Waals surface area contributed by atoms with Gasteiger partial charge in [-0.1, -0.05) is 48.2 Å². The number of amides is 1. The van der Waals surface area contributed by atoms with Crippen molar-refractivity contribution in [2.24, 2.45) is 7.05 Å². The van der Waals surface area contributed by atoms with E-state index in [0.29, 0.717) is 10.9 Å². The minimum Gasteiger partial charge on any atom is -0.319 e. The van der Waals surface area contributed by atoms with Crippen LogP contribution in [0.15, 0.2) is 70.6 Å². The minimum absolute atomic E-state index is 0.0225. The molecule has 4 aromatic rings.